The van der Waals surface area contributed by atoms with E-state index in [0.29, 0.717) is 6.42 Å². The predicted molar refractivity (Wildman–Crippen MR) is 111 cm³/mol. The summed E-state index contributed by atoms with van der Waals surface area (Å²) in [6, 6.07) is 5.85. The second kappa shape index (κ2) is 9.98. The summed E-state index contributed by atoms with van der Waals surface area (Å²) >= 11 is 0. The molecule has 0 aliphatic heterocycles. The van der Waals surface area contributed by atoms with E-state index >= 15 is 0 Å². The van der Waals surface area contributed by atoms with Crippen molar-refractivity contribution in [3.63, 3.8) is 0 Å². The van der Waals surface area contributed by atoms with E-state index in [1.165, 1.54) is 17.5 Å². The molecule has 0 bridgehead atoms. The van der Waals surface area contributed by atoms with Crippen molar-refractivity contribution in [3.05, 3.63) is 29.3 Å². The van der Waals surface area contributed by atoms with Gasteiger partial charge in [0.25, 0.3) is 0 Å². The summed E-state index contributed by atoms with van der Waals surface area (Å²) < 4.78 is 0. The third-order valence-corrected chi connectivity index (χ3v) is 5.67. The molecule has 5 nitrogen and oxygen atoms in total. The lowest BCUT2D eigenvalue weighted by Crippen LogP contribution is -2.41. The number of carbonyl (C=O) groups is 2. The van der Waals surface area contributed by atoms with Crippen LogP contribution in [0.4, 0.5) is 5.69 Å². The second-order valence-corrected chi connectivity index (χ2v) is 7.92. The summed E-state index contributed by atoms with van der Waals surface area (Å²) in [5.74, 6) is 0.240. The molecule has 2 atom stereocenters. The molecule has 150 valence electrons. The van der Waals surface area contributed by atoms with Gasteiger partial charge in [0, 0.05) is 24.1 Å². The minimum Gasteiger partial charge on any atom is -0.399 e. The first-order valence-electron chi connectivity index (χ1n) is 10.0. The number of nitrogens with two attached hydrogens (primary N) is 1. The van der Waals surface area contributed by atoms with E-state index in [0.717, 1.165) is 50.6 Å². The first kappa shape index (κ1) is 21.5. The molecule has 1 aromatic rings. The van der Waals surface area contributed by atoms with Crippen molar-refractivity contribution in [1.82, 2.24) is 10.6 Å². The van der Waals surface area contributed by atoms with Gasteiger partial charge in [-0.3, -0.25) is 9.59 Å². The first-order valence-corrected chi connectivity index (χ1v) is 10.0. The van der Waals surface area contributed by atoms with Crippen LogP contribution in [0.1, 0.15) is 75.5 Å². The molecular formula is C21H32ClN3O2. The molecule has 0 heterocycles. The van der Waals surface area contributed by atoms with Gasteiger partial charge in [0.05, 0.1) is 6.04 Å². The van der Waals surface area contributed by atoms with Gasteiger partial charge in [0.15, 0.2) is 0 Å². The summed E-state index contributed by atoms with van der Waals surface area (Å²) in [6.45, 7) is 1.91. The Morgan fingerprint density at radius 1 is 1.15 bits per heavy atom. The zero-order chi connectivity index (χ0) is 18.5. The Balaban J connectivity index is 0.00000261. The summed E-state index contributed by atoms with van der Waals surface area (Å²) in [6.07, 6.45) is 8.80. The minimum absolute atomic E-state index is 0. The third-order valence-electron chi connectivity index (χ3n) is 5.67. The summed E-state index contributed by atoms with van der Waals surface area (Å²) in [5.41, 5.74) is 9.06. The van der Waals surface area contributed by atoms with Gasteiger partial charge in [-0.2, -0.15) is 0 Å². The molecule has 2 unspecified atom stereocenters. The summed E-state index contributed by atoms with van der Waals surface area (Å²) in [4.78, 5) is 24.8. The number of anilines is 1. The quantitative estimate of drug-likeness (QED) is 0.667. The van der Waals surface area contributed by atoms with Crippen molar-refractivity contribution >= 4 is 29.9 Å². The van der Waals surface area contributed by atoms with E-state index in [1.54, 1.807) is 0 Å². The van der Waals surface area contributed by atoms with Crippen LogP contribution >= 0.6 is 12.4 Å². The fraction of sp³-hybridized carbons (Fsp3) is 0.619. The minimum atomic E-state index is -0.140. The van der Waals surface area contributed by atoms with Gasteiger partial charge in [-0.05, 0) is 62.3 Å². The van der Waals surface area contributed by atoms with Crippen LogP contribution in [0.15, 0.2) is 18.2 Å². The van der Waals surface area contributed by atoms with Crippen molar-refractivity contribution in [1.29, 1.82) is 0 Å². The van der Waals surface area contributed by atoms with Gasteiger partial charge in [-0.15, -0.1) is 12.4 Å². The van der Waals surface area contributed by atoms with Crippen molar-refractivity contribution in [3.8, 4) is 0 Å². The molecule has 1 saturated carbocycles. The number of nitrogens with one attached hydrogen (secondary N) is 2. The van der Waals surface area contributed by atoms with E-state index < -0.39 is 0 Å². The van der Waals surface area contributed by atoms with E-state index in [1.807, 2.05) is 25.1 Å². The molecule has 3 rings (SSSR count). The van der Waals surface area contributed by atoms with Gasteiger partial charge in [0.2, 0.25) is 11.8 Å². The summed E-state index contributed by atoms with van der Waals surface area (Å²) in [7, 11) is 0. The number of hydrogen-bond acceptors (Lipinski definition) is 3. The number of aryl methyl sites for hydroxylation is 1. The largest absolute Gasteiger partial charge is 0.399 e. The number of amides is 2. The van der Waals surface area contributed by atoms with Crippen LogP contribution in [-0.4, -0.2) is 17.9 Å². The topological polar surface area (TPSA) is 84.2 Å². The molecule has 6 heteroatoms. The molecule has 1 aromatic carbocycles. The Morgan fingerprint density at radius 3 is 2.63 bits per heavy atom. The number of fused-ring (bicyclic) bond motifs is 1. The van der Waals surface area contributed by atoms with Crippen LogP contribution in [-0.2, 0) is 16.0 Å². The molecule has 27 heavy (non-hydrogen) atoms. The highest BCUT2D eigenvalue weighted by Crippen LogP contribution is 2.31. The number of benzene rings is 1. The SMILES string of the molecule is CC(CC(=O)NC1CCCc2cc(N)ccc21)NC(=O)C1CCCCC1.Cl. The molecule has 0 saturated heterocycles. The molecule has 2 aliphatic carbocycles. The highest BCUT2D eigenvalue weighted by molar-refractivity contribution is 5.85. The molecule has 4 N–H and O–H groups in total. The normalized spacial score (nSPS) is 20.7. The highest BCUT2D eigenvalue weighted by atomic mass is 35.5. The molecule has 1 fully saturated rings. The molecule has 0 aromatic heterocycles. The van der Waals surface area contributed by atoms with Crippen LogP contribution in [0.25, 0.3) is 0 Å². The predicted octanol–water partition coefficient (Wildman–Crippen LogP) is 3.66. The highest BCUT2D eigenvalue weighted by Gasteiger charge is 2.25. The van der Waals surface area contributed by atoms with Crippen molar-refractivity contribution in [2.45, 2.75) is 76.8 Å². The maximum absolute atomic E-state index is 12.5. The molecule has 2 amide bonds. The lowest BCUT2D eigenvalue weighted by Gasteiger charge is -2.27. The first-order chi connectivity index (χ1) is 12.5. The Bertz CT molecular complexity index is 659. The van der Waals surface area contributed by atoms with Gasteiger partial charge in [-0.25, -0.2) is 0 Å². The van der Waals surface area contributed by atoms with Crippen molar-refractivity contribution in [2.75, 3.05) is 5.73 Å². The Hall–Kier alpha value is -1.75. The van der Waals surface area contributed by atoms with Gasteiger partial charge in [-0.1, -0.05) is 25.3 Å². The third kappa shape index (κ3) is 5.86. The van der Waals surface area contributed by atoms with E-state index in [2.05, 4.69) is 10.6 Å². The average molecular weight is 394 g/mol. The number of carbonyl (C=O) groups excluding carboxylic acids is 2. The van der Waals surface area contributed by atoms with E-state index in [-0.39, 0.29) is 42.2 Å². The maximum atomic E-state index is 12.5. The van der Waals surface area contributed by atoms with Crippen LogP contribution in [0, 0.1) is 5.92 Å². The second-order valence-electron chi connectivity index (χ2n) is 7.92. The van der Waals surface area contributed by atoms with Crippen molar-refractivity contribution < 1.29 is 9.59 Å². The lowest BCUT2D eigenvalue weighted by atomic mass is 9.87. The van der Waals surface area contributed by atoms with Gasteiger partial charge >= 0.3 is 0 Å². The molecule has 0 spiro atoms. The average Bonchev–Trinajstić information content (AvgIpc) is 2.62. The van der Waals surface area contributed by atoms with E-state index in [4.69, 9.17) is 5.73 Å². The van der Waals surface area contributed by atoms with Crippen LogP contribution in [0.3, 0.4) is 0 Å². The van der Waals surface area contributed by atoms with E-state index in [9.17, 15) is 9.59 Å². The Kier molecular flexibility index (Phi) is 7.96. The molecule has 2 aliphatic rings. The fourth-order valence-corrected chi connectivity index (χ4v) is 4.29. The van der Waals surface area contributed by atoms with Crippen molar-refractivity contribution in [2.24, 2.45) is 5.92 Å². The number of hydrogen-bond donors (Lipinski definition) is 3. The van der Waals surface area contributed by atoms with Gasteiger partial charge < -0.3 is 16.4 Å². The monoisotopic (exact) mass is 393 g/mol. The smallest absolute Gasteiger partial charge is 0.223 e. The molecule has 0 radical (unpaired) electrons. The van der Waals surface area contributed by atoms with Crippen LogP contribution < -0.4 is 16.4 Å². The van der Waals surface area contributed by atoms with Gasteiger partial charge in [0.1, 0.15) is 0 Å². The maximum Gasteiger partial charge on any atom is 0.223 e. The fourth-order valence-electron chi connectivity index (χ4n) is 4.29. The lowest BCUT2D eigenvalue weighted by molar-refractivity contribution is -0.127. The number of rotatable bonds is 5. The number of halogens is 1. The zero-order valence-corrected chi connectivity index (χ0v) is 16.9. The zero-order valence-electron chi connectivity index (χ0n) is 16.1. The summed E-state index contributed by atoms with van der Waals surface area (Å²) in [5, 5.41) is 6.18. The Morgan fingerprint density at radius 2 is 1.89 bits per heavy atom. The standard InChI is InChI=1S/C21H31N3O2.ClH/c1-14(23-21(26)15-6-3-2-4-7-15)12-20(25)24-19-9-5-8-16-13-17(22)10-11-18(16)19;/h10-11,13-15,19H,2-9,12,22H2,1H3,(H,23,26)(H,24,25);1H. The number of nitrogen functional groups attached to an aromatic ring is 1. The van der Waals surface area contributed by atoms with Crippen LogP contribution in [0.5, 0.6) is 0 Å². The Labute approximate surface area is 168 Å². The van der Waals surface area contributed by atoms with Crippen LogP contribution in [0.2, 0.25) is 0 Å². The molecular weight excluding hydrogens is 362 g/mol.